The van der Waals surface area contributed by atoms with E-state index in [4.69, 9.17) is 9.84 Å². The Kier molecular flexibility index (Phi) is 5.19. The molecule has 2 amide bonds. The molecule has 7 nitrogen and oxygen atoms in total. The van der Waals surface area contributed by atoms with Gasteiger partial charge in [0.2, 0.25) is 0 Å². The second-order valence-corrected chi connectivity index (χ2v) is 5.41. The standard InChI is InChI=1S/C13H22N2O5/c16-9-7-11(12(17)18)15(8-9)13(19)14-5-4-10-3-1-2-6-20-10/h9-11,16H,1-8H2,(H,14,19)(H,17,18). The Bertz CT molecular complexity index is 357. The summed E-state index contributed by atoms with van der Waals surface area (Å²) < 4.78 is 5.56. The zero-order chi connectivity index (χ0) is 14.5. The number of nitrogens with one attached hydrogen (secondary N) is 1. The number of hydrogen-bond acceptors (Lipinski definition) is 4. The maximum absolute atomic E-state index is 11.9. The smallest absolute Gasteiger partial charge is 0.326 e. The minimum Gasteiger partial charge on any atom is -0.480 e. The minimum atomic E-state index is -1.08. The second-order valence-electron chi connectivity index (χ2n) is 5.41. The first-order valence-electron chi connectivity index (χ1n) is 7.15. The third kappa shape index (κ3) is 3.83. The predicted octanol–water partition coefficient (Wildman–Crippen LogP) is 0.175. The summed E-state index contributed by atoms with van der Waals surface area (Å²) in [6.07, 6.45) is 3.50. The monoisotopic (exact) mass is 286 g/mol. The lowest BCUT2D eigenvalue weighted by atomic mass is 10.1. The molecule has 0 aromatic carbocycles. The third-order valence-corrected chi connectivity index (χ3v) is 3.84. The Hall–Kier alpha value is -1.34. The molecule has 0 aliphatic carbocycles. The van der Waals surface area contributed by atoms with E-state index >= 15 is 0 Å². The van der Waals surface area contributed by atoms with Crippen LogP contribution in [0.5, 0.6) is 0 Å². The number of urea groups is 1. The highest BCUT2D eigenvalue weighted by atomic mass is 16.5. The first kappa shape index (κ1) is 15.1. The second kappa shape index (κ2) is 6.90. The number of carboxylic acids is 1. The number of aliphatic hydroxyl groups is 1. The summed E-state index contributed by atoms with van der Waals surface area (Å²) >= 11 is 0. The number of carbonyl (C=O) groups excluding carboxylic acids is 1. The summed E-state index contributed by atoms with van der Waals surface area (Å²) in [5.41, 5.74) is 0. The number of carboxylic acid groups (broad SMARTS) is 1. The quantitative estimate of drug-likeness (QED) is 0.684. The summed E-state index contributed by atoms with van der Waals surface area (Å²) in [5, 5.41) is 21.2. The molecule has 0 bridgehead atoms. The highest BCUT2D eigenvalue weighted by molar-refractivity contribution is 5.83. The molecule has 2 rings (SSSR count). The zero-order valence-corrected chi connectivity index (χ0v) is 11.5. The highest BCUT2D eigenvalue weighted by Crippen LogP contribution is 2.18. The minimum absolute atomic E-state index is 0.0722. The number of β-amino-alcohol motifs (C(OH)–C–C–N with tert-alkyl or cyclic N) is 1. The number of amides is 2. The van der Waals surface area contributed by atoms with E-state index < -0.39 is 24.1 Å². The lowest BCUT2D eigenvalue weighted by Crippen LogP contribution is -2.46. The van der Waals surface area contributed by atoms with Gasteiger partial charge in [-0.05, 0) is 25.7 Å². The molecule has 2 aliphatic heterocycles. The van der Waals surface area contributed by atoms with E-state index in [9.17, 15) is 14.7 Å². The van der Waals surface area contributed by atoms with Gasteiger partial charge in [-0.15, -0.1) is 0 Å². The molecule has 2 saturated heterocycles. The van der Waals surface area contributed by atoms with E-state index in [2.05, 4.69) is 5.32 Å². The molecule has 0 aromatic heterocycles. The molecule has 3 N–H and O–H groups in total. The van der Waals surface area contributed by atoms with Gasteiger partial charge in [0.1, 0.15) is 6.04 Å². The number of carbonyl (C=O) groups is 2. The van der Waals surface area contributed by atoms with Gasteiger partial charge >= 0.3 is 12.0 Å². The molecule has 0 saturated carbocycles. The fourth-order valence-corrected chi connectivity index (χ4v) is 2.75. The topological polar surface area (TPSA) is 99.1 Å². The summed E-state index contributed by atoms with van der Waals surface area (Å²) in [4.78, 5) is 24.2. The van der Waals surface area contributed by atoms with Crippen molar-refractivity contribution in [3.05, 3.63) is 0 Å². The number of likely N-dealkylation sites (tertiary alicyclic amines) is 1. The van der Waals surface area contributed by atoms with Crippen LogP contribution in [-0.4, -0.2) is 65.1 Å². The van der Waals surface area contributed by atoms with Crippen LogP contribution in [0.1, 0.15) is 32.1 Å². The summed E-state index contributed by atoms with van der Waals surface area (Å²) in [6, 6.07) is -1.36. The molecule has 0 aromatic rings. The Labute approximate surface area is 117 Å². The average Bonchev–Trinajstić information content (AvgIpc) is 2.82. The van der Waals surface area contributed by atoms with Crippen molar-refractivity contribution in [3.63, 3.8) is 0 Å². The summed E-state index contributed by atoms with van der Waals surface area (Å²) in [6.45, 7) is 1.31. The van der Waals surface area contributed by atoms with Gasteiger partial charge in [0.25, 0.3) is 0 Å². The zero-order valence-electron chi connectivity index (χ0n) is 11.5. The molecule has 2 aliphatic rings. The molecule has 7 heteroatoms. The number of ether oxygens (including phenoxy) is 1. The van der Waals surface area contributed by atoms with Crippen molar-refractivity contribution in [2.45, 2.75) is 50.4 Å². The van der Waals surface area contributed by atoms with Gasteiger partial charge in [-0.2, -0.15) is 0 Å². The van der Waals surface area contributed by atoms with Crippen molar-refractivity contribution in [2.75, 3.05) is 19.7 Å². The number of aliphatic carboxylic acids is 1. The molecule has 20 heavy (non-hydrogen) atoms. The van der Waals surface area contributed by atoms with Crippen molar-refractivity contribution in [3.8, 4) is 0 Å². The van der Waals surface area contributed by atoms with Gasteiger partial charge in [0.15, 0.2) is 0 Å². The molecule has 3 atom stereocenters. The number of hydrogen-bond donors (Lipinski definition) is 3. The highest BCUT2D eigenvalue weighted by Gasteiger charge is 2.38. The van der Waals surface area contributed by atoms with Crippen LogP contribution in [0, 0.1) is 0 Å². The fourth-order valence-electron chi connectivity index (χ4n) is 2.75. The van der Waals surface area contributed by atoms with Crippen LogP contribution in [-0.2, 0) is 9.53 Å². The molecule has 2 fully saturated rings. The van der Waals surface area contributed by atoms with Crippen molar-refractivity contribution in [1.82, 2.24) is 10.2 Å². The summed E-state index contributed by atoms with van der Waals surface area (Å²) in [5.74, 6) is -1.08. The number of nitrogens with zero attached hydrogens (tertiary/aromatic N) is 1. The van der Waals surface area contributed by atoms with E-state index in [0.29, 0.717) is 6.54 Å². The molecule has 3 unspecified atom stereocenters. The van der Waals surface area contributed by atoms with Crippen molar-refractivity contribution >= 4 is 12.0 Å². The Morgan fingerprint density at radius 2 is 2.15 bits per heavy atom. The molecule has 0 spiro atoms. The van der Waals surface area contributed by atoms with Gasteiger partial charge in [-0.25, -0.2) is 9.59 Å². The Balaban J connectivity index is 1.74. The van der Waals surface area contributed by atoms with Crippen molar-refractivity contribution in [2.24, 2.45) is 0 Å². The average molecular weight is 286 g/mol. The van der Waals surface area contributed by atoms with Crippen LogP contribution < -0.4 is 5.32 Å². The predicted molar refractivity (Wildman–Crippen MR) is 70.4 cm³/mol. The van der Waals surface area contributed by atoms with Crippen LogP contribution in [0.15, 0.2) is 0 Å². The molecular formula is C13H22N2O5. The molecule has 2 heterocycles. The van der Waals surface area contributed by atoms with Crippen LogP contribution in [0.25, 0.3) is 0 Å². The Morgan fingerprint density at radius 1 is 1.35 bits per heavy atom. The van der Waals surface area contributed by atoms with Crippen molar-refractivity contribution in [1.29, 1.82) is 0 Å². The van der Waals surface area contributed by atoms with Gasteiger partial charge in [0.05, 0.1) is 12.2 Å². The van der Waals surface area contributed by atoms with Crippen LogP contribution in [0.3, 0.4) is 0 Å². The first-order valence-corrected chi connectivity index (χ1v) is 7.15. The van der Waals surface area contributed by atoms with Crippen LogP contribution >= 0.6 is 0 Å². The van der Waals surface area contributed by atoms with Gasteiger partial charge in [0, 0.05) is 26.1 Å². The SMILES string of the molecule is O=C(O)C1CC(O)CN1C(=O)NCCC1CCCCO1. The third-order valence-electron chi connectivity index (χ3n) is 3.84. The lowest BCUT2D eigenvalue weighted by molar-refractivity contribution is -0.141. The van der Waals surface area contributed by atoms with Crippen LogP contribution in [0.4, 0.5) is 4.79 Å². The van der Waals surface area contributed by atoms with Gasteiger partial charge < -0.3 is 25.2 Å². The maximum atomic E-state index is 11.9. The fraction of sp³-hybridized carbons (Fsp3) is 0.846. The van der Waals surface area contributed by atoms with Gasteiger partial charge in [-0.3, -0.25) is 0 Å². The van der Waals surface area contributed by atoms with E-state index in [1.165, 1.54) is 4.90 Å². The van der Waals surface area contributed by atoms with Crippen LogP contribution in [0.2, 0.25) is 0 Å². The largest absolute Gasteiger partial charge is 0.480 e. The number of rotatable bonds is 4. The first-order chi connectivity index (χ1) is 9.58. The molecular weight excluding hydrogens is 264 g/mol. The van der Waals surface area contributed by atoms with E-state index in [0.717, 1.165) is 32.3 Å². The lowest BCUT2D eigenvalue weighted by Gasteiger charge is -2.24. The Morgan fingerprint density at radius 3 is 2.80 bits per heavy atom. The van der Waals surface area contributed by atoms with Crippen molar-refractivity contribution < 1.29 is 24.5 Å². The maximum Gasteiger partial charge on any atom is 0.326 e. The normalized spacial score (nSPS) is 30.2. The van der Waals surface area contributed by atoms with E-state index in [-0.39, 0.29) is 19.1 Å². The van der Waals surface area contributed by atoms with E-state index in [1.807, 2.05) is 0 Å². The molecule has 0 radical (unpaired) electrons. The van der Waals surface area contributed by atoms with Gasteiger partial charge in [-0.1, -0.05) is 0 Å². The van der Waals surface area contributed by atoms with E-state index in [1.54, 1.807) is 0 Å². The number of aliphatic hydroxyl groups excluding tert-OH is 1. The molecule has 114 valence electrons. The summed E-state index contributed by atoms with van der Waals surface area (Å²) in [7, 11) is 0.